The Bertz CT molecular complexity index is 634. The van der Waals surface area contributed by atoms with Gasteiger partial charge in [0.05, 0.1) is 12.3 Å². The number of aromatic nitrogens is 2. The molecule has 0 unspecified atom stereocenters. The first-order valence-electron chi connectivity index (χ1n) is 7.24. The van der Waals surface area contributed by atoms with Gasteiger partial charge in [-0.05, 0) is 31.4 Å². The Kier molecular flexibility index (Phi) is 4.01. The number of para-hydroxylation sites is 1. The van der Waals surface area contributed by atoms with Crippen LogP contribution in [0.4, 0.5) is 0 Å². The summed E-state index contributed by atoms with van der Waals surface area (Å²) in [5.41, 5.74) is 3.82. The molecule has 0 saturated heterocycles. The van der Waals surface area contributed by atoms with Crippen molar-refractivity contribution >= 4 is 5.91 Å². The van der Waals surface area contributed by atoms with Crippen molar-refractivity contribution in [3.8, 4) is 5.69 Å². The average molecular weight is 285 g/mol. The summed E-state index contributed by atoms with van der Waals surface area (Å²) >= 11 is 0. The molecule has 1 aromatic heterocycles. The van der Waals surface area contributed by atoms with Gasteiger partial charge < -0.3 is 10.1 Å². The standard InChI is InChI=1S/C16H19N3O2/c1-21-11-10-17-16(20)15-13-8-5-9-14(13)19(18-15)12-6-3-2-4-7-12/h2-4,6-7H,5,8-11H2,1H3,(H,17,20). The third kappa shape index (κ3) is 2.69. The number of rotatable bonds is 5. The third-order valence-corrected chi connectivity index (χ3v) is 3.74. The van der Waals surface area contributed by atoms with Crippen LogP contribution in [0.3, 0.4) is 0 Å². The Morgan fingerprint density at radius 2 is 2.14 bits per heavy atom. The van der Waals surface area contributed by atoms with Gasteiger partial charge in [0.15, 0.2) is 5.69 Å². The molecule has 0 saturated carbocycles. The summed E-state index contributed by atoms with van der Waals surface area (Å²) in [5.74, 6) is -0.111. The second kappa shape index (κ2) is 6.10. The number of carbonyl (C=O) groups excluding carboxylic acids is 1. The van der Waals surface area contributed by atoms with Gasteiger partial charge in [0.1, 0.15) is 0 Å². The van der Waals surface area contributed by atoms with Crippen molar-refractivity contribution in [3.05, 3.63) is 47.3 Å². The highest BCUT2D eigenvalue weighted by Crippen LogP contribution is 2.27. The molecule has 0 radical (unpaired) electrons. The molecule has 1 aliphatic carbocycles. The summed E-state index contributed by atoms with van der Waals surface area (Å²) in [6, 6.07) is 9.97. The fourth-order valence-electron chi connectivity index (χ4n) is 2.75. The lowest BCUT2D eigenvalue weighted by molar-refractivity contribution is 0.0931. The fourth-order valence-corrected chi connectivity index (χ4v) is 2.75. The van der Waals surface area contributed by atoms with Gasteiger partial charge in [-0.2, -0.15) is 5.10 Å². The number of nitrogens with zero attached hydrogens (tertiary/aromatic N) is 2. The SMILES string of the molecule is COCCNC(=O)c1nn(-c2ccccc2)c2c1CCC2. The van der Waals surface area contributed by atoms with Crippen LogP contribution in [0.1, 0.15) is 28.2 Å². The zero-order valence-electron chi connectivity index (χ0n) is 12.1. The quantitative estimate of drug-likeness (QED) is 0.851. The van der Waals surface area contributed by atoms with E-state index in [4.69, 9.17) is 4.74 Å². The van der Waals surface area contributed by atoms with Crippen LogP contribution >= 0.6 is 0 Å². The lowest BCUT2D eigenvalue weighted by Crippen LogP contribution is -2.28. The van der Waals surface area contributed by atoms with Crippen LogP contribution in [-0.4, -0.2) is 35.9 Å². The minimum atomic E-state index is -0.111. The summed E-state index contributed by atoms with van der Waals surface area (Å²) in [7, 11) is 1.62. The minimum absolute atomic E-state index is 0.111. The zero-order chi connectivity index (χ0) is 14.7. The van der Waals surface area contributed by atoms with Crippen molar-refractivity contribution in [1.29, 1.82) is 0 Å². The van der Waals surface area contributed by atoms with Crippen molar-refractivity contribution < 1.29 is 9.53 Å². The van der Waals surface area contributed by atoms with E-state index in [2.05, 4.69) is 10.4 Å². The third-order valence-electron chi connectivity index (χ3n) is 3.74. The van der Waals surface area contributed by atoms with Gasteiger partial charge in [-0.3, -0.25) is 4.79 Å². The van der Waals surface area contributed by atoms with Gasteiger partial charge in [-0.25, -0.2) is 4.68 Å². The van der Waals surface area contributed by atoms with Crippen LogP contribution in [0.5, 0.6) is 0 Å². The highest BCUT2D eigenvalue weighted by atomic mass is 16.5. The van der Waals surface area contributed by atoms with Crippen LogP contribution in [0, 0.1) is 0 Å². The number of nitrogens with one attached hydrogen (secondary N) is 1. The predicted molar refractivity (Wildman–Crippen MR) is 79.8 cm³/mol. The van der Waals surface area contributed by atoms with E-state index >= 15 is 0 Å². The molecule has 2 aromatic rings. The molecule has 1 heterocycles. The first-order valence-corrected chi connectivity index (χ1v) is 7.24. The van der Waals surface area contributed by atoms with E-state index < -0.39 is 0 Å². The van der Waals surface area contributed by atoms with E-state index in [1.54, 1.807) is 7.11 Å². The molecular weight excluding hydrogens is 266 g/mol. The monoisotopic (exact) mass is 285 g/mol. The van der Waals surface area contributed by atoms with E-state index in [0.29, 0.717) is 18.8 Å². The van der Waals surface area contributed by atoms with Gasteiger partial charge >= 0.3 is 0 Å². The molecule has 110 valence electrons. The molecular formula is C16H19N3O2. The van der Waals surface area contributed by atoms with Crippen molar-refractivity contribution in [1.82, 2.24) is 15.1 Å². The molecule has 5 nitrogen and oxygen atoms in total. The number of hydrogen-bond acceptors (Lipinski definition) is 3. The molecule has 0 aliphatic heterocycles. The first-order chi connectivity index (χ1) is 10.3. The number of carbonyl (C=O) groups is 1. The van der Waals surface area contributed by atoms with Crippen LogP contribution in [0.2, 0.25) is 0 Å². The topological polar surface area (TPSA) is 56.1 Å². The summed E-state index contributed by atoms with van der Waals surface area (Å²) < 4.78 is 6.87. The lowest BCUT2D eigenvalue weighted by Gasteiger charge is -2.05. The molecule has 1 amide bonds. The lowest BCUT2D eigenvalue weighted by atomic mass is 10.2. The average Bonchev–Trinajstić information content (AvgIpc) is 3.10. The summed E-state index contributed by atoms with van der Waals surface area (Å²) in [6.45, 7) is 1.01. The minimum Gasteiger partial charge on any atom is -0.383 e. The van der Waals surface area contributed by atoms with Crippen LogP contribution in [0.15, 0.2) is 30.3 Å². The second-order valence-corrected chi connectivity index (χ2v) is 5.12. The van der Waals surface area contributed by atoms with E-state index in [9.17, 15) is 4.79 Å². The molecule has 0 spiro atoms. The number of benzene rings is 1. The number of amides is 1. The Morgan fingerprint density at radius 1 is 1.33 bits per heavy atom. The van der Waals surface area contributed by atoms with Crippen molar-refractivity contribution in [3.63, 3.8) is 0 Å². The van der Waals surface area contributed by atoms with Gasteiger partial charge in [-0.1, -0.05) is 18.2 Å². The Balaban J connectivity index is 1.91. The summed E-state index contributed by atoms with van der Waals surface area (Å²) in [5, 5.41) is 7.40. The maximum atomic E-state index is 12.3. The maximum absolute atomic E-state index is 12.3. The summed E-state index contributed by atoms with van der Waals surface area (Å²) in [4.78, 5) is 12.3. The van der Waals surface area contributed by atoms with E-state index in [1.807, 2.05) is 35.0 Å². The Hall–Kier alpha value is -2.14. The predicted octanol–water partition coefficient (Wildman–Crippen LogP) is 1.74. The molecule has 5 heteroatoms. The number of ether oxygens (including phenoxy) is 1. The molecule has 0 fully saturated rings. The molecule has 3 rings (SSSR count). The largest absolute Gasteiger partial charge is 0.383 e. The van der Waals surface area contributed by atoms with Crippen LogP contribution in [0.25, 0.3) is 5.69 Å². The zero-order valence-corrected chi connectivity index (χ0v) is 12.1. The molecule has 0 atom stereocenters. The Labute approximate surface area is 123 Å². The van der Waals surface area contributed by atoms with E-state index in [0.717, 1.165) is 36.2 Å². The highest BCUT2D eigenvalue weighted by molar-refractivity contribution is 5.94. The van der Waals surface area contributed by atoms with Crippen LogP contribution < -0.4 is 5.32 Å². The summed E-state index contributed by atoms with van der Waals surface area (Å²) in [6.07, 6.45) is 2.98. The van der Waals surface area contributed by atoms with Crippen molar-refractivity contribution in [2.45, 2.75) is 19.3 Å². The van der Waals surface area contributed by atoms with Crippen molar-refractivity contribution in [2.24, 2.45) is 0 Å². The van der Waals surface area contributed by atoms with Crippen LogP contribution in [-0.2, 0) is 17.6 Å². The van der Waals surface area contributed by atoms with E-state index in [1.165, 1.54) is 0 Å². The second-order valence-electron chi connectivity index (χ2n) is 5.12. The van der Waals surface area contributed by atoms with Gasteiger partial charge in [0.25, 0.3) is 5.91 Å². The van der Waals surface area contributed by atoms with E-state index in [-0.39, 0.29) is 5.91 Å². The molecule has 0 bridgehead atoms. The number of methoxy groups -OCH3 is 1. The first kappa shape index (κ1) is 13.8. The molecule has 21 heavy (non-hydrogen) atoms. The highest BCUT2D eigenvalue weighted by Gasteiger charge is 2.26. The van der Waals surface area contributed by atoms with Gasteiger partial charge in [-0.15, -0.1) is 0 Å². The van der Waals surface area contributed by atoms with Crippen molar-refractivity contribution in [2.75, 3.05) is 20.3 Å². The molecule has 1 aliphatic rings. The van der Waals surface area contributed by atoms with Gasteiger partial charge in [0, 0.05) is 24.9 Å². The fraction of sp³-hybridized carbons (Fsp3) is 0.375. The maximum Gasteiger partial charge on any atom is 0.272 e. The normalized spacial score (nSPS) is 13.2. The smallest absolute Gasteiger partial charge is 0.272 e. The van der Waals surface area contributed by atoms with Gasteiger partial charge in [0.2, 0.25) is 0 Å². The Morgan fingerprint density at radius 3 is 2.90 bits per heavy atom. The number of hydrogen-bond donors (Lipinski definition) is 1. The molecule has 1 N–H and O–H groups in total. The molecule has 1 aromatic carbocycles. The number of fused-ring (bicyclic) bond motifs is 1.